The number of benzene rings is 4. The summed E-state index contributed by atoms with van der Waals surface area (Å²) in [4.78, 5) is 91.0. The average molecular weight is 912 g/mol. The second-order valence-corrected chi connectivity index (χ2v) is 17.2. The predicted octanol–water partition coefficient (Wildman–Crippen LogP) is 5.34. The standard InChI is InChI=1S/C47H41N7O9S2/c48-46-50-35(27-65-46)38(52-63-47(31-10-4-1-5-11-31,32-12-6-2-7-13-32)33-14-8-3-9-15-33)41(58)51-39-43(60)54-40(45(61)62)30(26-64-44(39)54)24-29-22-23-53(42(29)59)25-28-16-18-34(19-17-28)49-36(55)20-21-37(56)57/h1-19,24,27,39,44H,20-23,25-26H2,(H2,48,50)(H,49,55)(H,51,58)(H,56,57)(H,61,62)/b29-24+,52-38-/t39-,44-/m1/s1. The molecule has 330 valence electrons. The number of rotatable bonds is 16. The van der Waals surface area contributed by atoms with Crippen LogP contribution in [0.15, 0.2) is 149 Å². The molecule has 8 rings (SSSR count). The molecule has 6 N–H and O–H groups in total. The number of thioether (sulfide) groups is 1. The first-order valence-electron chi connectivity index (χ1n) is 20.4. The molecule has 0 spiro atoms. The topological polar surface area (TPSA) is 234 Å². The normalized spacial score (nSPS) is 18.0. The molecule has 65 heavy (non-hydrogen) atoms. The molecule has 5 aromatic rings. The summed E-state index contributed by atoms with van der Waals surface area (Å²) in [6, 6.07) is 34.0. The summed E-state index contributed by atoms with van der Waals surface area (Å²) in [5.41, 5.74) is 8.37. The van der Waals surface area contributed by atoms with Crippen LogP contribution in [0.5, 0.6) is 0 Å². The first-order valence-corrected chi connectivity index (χ1v) is 22.3. The summed E-state index contributed by atoms with van der Waals surface area (Å²) in [6.45, 7) is 0.634. The number of thiazole rings is 1. The van der Waals surface area contributed by atoms with Crippen LogP contribution in [0, 0.1) is 0 Å². The molecule has 1 aromatic heterocycles. The third-order valence-corrected chi connectivity index (χ3v) is 13.0. The maximum absolute atomic E-state index is 14.3. The van der Waals surface area contributed by atoms with E-state index >= 15 is 0 Å². The van der Waals surface area contributed by atoms with Crippen molar-refractivity contribution in [1.29, 1.82) is 0 Å². The summed E-state index contributed by atoms with van der Waals surface area (Å²) >= 11 is 2.34. The maximum atomic E-state index is 14.3. The van der Waals surface area contributed by atoms with Crippen LogP contribution < -0.4 is 16.4 Å². The number of aromatic nitrogens is 1. The summed E-state index contributed by atoms with van der Waals surface area (Å²) < 4.78 is 0. The lowest BCUT2D eigenvalue weighted by Crippen LogP contribution is -2.71. The molecule has 4 amide bonds. The highest BCUT2D eigenvalue weighted by Gasteiger charge is 2.54. The third kappa shape index (κ3) is 9.25. The van der Waals surface area contributed by atoms with Crippen LogP contribution in [-0.4, -0.2) is 90.0 Å². The Hall–Kier alpha value is -7.57. The molecule has 3 aliphatic heterocycles. The number of nitrogens with one attached hydrogen (secondary N) is 2. The molecule has 2 atom stereocenters. The van der Waals surface area contributed by atoms with E-state index in [-0.39, 0.29) is 58.9 Å². The highest BCUT2D eigenvalue weighted by molar-refractivity contribution is 8.00. The van der Waals surface area contributed by atoms with Gasteiger partial charge in [-0.05, 0) is 35.8 Å². The zero-order valence-electron chi connectivity index (χ0n) is 34.5. The van der Waals surface area contributed by atoms with E-state index in [0.29, 0.717) is 24.2 Å². The van der Waals surface area contributed by atoms with E-state index in [0.717, 1.165) is 38.5 Å². The van der Waals surface area contributed by atoms with Gasteiger partial charge in [0, 0.05) is 58.6 Å². The Bertz CT molecular complexity index is 2650. The van der Waals surface area contributed by atoms with Crippen molar-refractivity contribution in [2.45, 2.75) is 42.8 Å². The van der Waals surface area contributed by atoms with Gasteiger partial charge in [0.25, 0.3) is 11.8 Å². The van der Waals surface area contributed by atoms with Crippen LogP contribution in [0.3, 0.4) is 0 Å². The van der Waals surface area contributed by atoms with Crippen LogP contribution in [0.4, 0.5) is 10.8 Å². The lowest BCUT2D eigenvalue weighted by atomic mass is 9.80. The first kappa shape index (κ1) is 44.1. The van der Waals surface area contributed by atoms with Crippen molar-refractivity contribution < 1.29 is 43.8 Å². The van der Waals surface area contributed by atoms with Crippen molar-refractivity contribution >= 4 is 75.2 Å². The lowest BCUT2D eigenvalue weighted by Gasteiger charge is -2.49. The van der Waals surface area contributed by atoms with Crippen molar-refractivity contribution in [3.05, 3.63) is 172 Å². The molecular weight excluding hydrogens is 871 g/mol. The van der Waals surface area contributed by atoms with Crippen molar-refractivity contribution in [1.82, 2.24) is 20.1 Å². The SMILES string of the molecule is Nc1nc(/C(=N/OC(c2ccccc2)(c2ccccc2)c2ccccc2)C(=O)N[C@@H]2C(=O)N3C(C(=O)O)=C(/C=C4\CCN(Cc5ccc(NC(=O)CCC(=O)O)cc5)C4=O)CS[C@H]23)cs1. The Labute approximate surface area is 380 Å². The molecule has 0 unspecified atom stereocenters. The Morgan fingerprint density at radius 1 is 0.877 bits per heavy atom. The number of carbonyl (C=O) groups is 6. The Morgan fingerprint density at radius 2 is 1.49 bits per heavy atom. The molecule has 2 fully saturated rings. The number of likely N-dealkylation sites (tertiary alicyclic amines) is 1. The van der Waals surface area contributed by atoms with Crippen LogP contribution >= 0.6 is 23.1 Å². The third-order valence-electron chi connectivity index (χ3n) is 11.0. The van der Waals surface area contributed by atoms with E-state index in [4.69, 9.17) is 15.7 Å². The average Bonchev–Trinajstić information content (AvgIpc) is 3.90. The molecule has 3 aliphatic rings. The van der Waals surface area contributed by atoms with E-state index in [9.17, 15) is 33.9 Å². The van der Waals surface area contributed by atoms with Gasteiger partial charge in [0.1, 0.15) is 22.8 Å². The van der Waals surface area contributed by atoms with Crippen molar-refractivity contribution in [2.75, 3.05) is 23.3 Å². The number of fused-ring (bicyclic) bond motifs is 1. The molecule has 0 saturated carbocycles. The monoisotopic (exact) mass is 911 g/mol. The van der Waals surface area contributed by atoms with Gasteiger partial charge in [0.15, 0.2) is 10.8 Å². The number of allylic oxidation sites excluding steroid dienone is 1. The number of hydrogen-bond acceptors (Lipinski definition) is 12. The van der Waals surface area contributed by atoms with E-state index in [1.165, 1.54) is 17.8 Å². The van der Waals surface area contributed by atoms with E-state index < -0.39 is 46.7 Å². The van der Waals surface area contributed by atoms with Gasteiger partial charge in [-0.15, -0.1) is 23.1 Å². The van der Waals surface area contributed by atoms with Crippen LogP contribution in [0.25, 0.3) is 0 Å². The number of aliphatic carboxylic acids is 2. The van der Waals surface area contributed by atoms with Gasteiger partial charge in [-0.2, -0.15) is 0 Å². The summed E-state index contributed by atoms with van der Waals surface area (Å²) in [7, 11) is 0. The van der Waals surface area contributed by atoms with E-state index in [1.54, 1.807) is 34.5 Å². The highest BCUT2D eigenvalue weighted by atomic mass is 32.2. The molecule has 0 radical (unpaired) electrons. The number of nitrogens with two attached hydrogens (primary N) is 1. The van der Waals surface area contributed by atoms with E-state index in [2.05, 4.69) is 20.8 Å². The number of β-lactam (4-membered cyclic amide) rings is 1. The lowest BCUT2D eigenvalue weighted by molar-refractivity contribution is -0.150. The second-order valence-electron chi connectivity index (χ2n) is 15.2. The molecule has 18 heteroatoms. The largest absolute Gasteiger partial charge is 0.481 e. The van der Waals surface area contributed by atoms with Gasteiger partial charge in [0.2, 0.25) is 17.4 Å². The van der Waals surface area contributed by atoms with Crippen molar-refractivity contribution in [2.24, 2.45) is 5.16 Å². The fraction of sp³-hybridized carbons (Fsp3) is 0.191. The fourth-order valence-corrected chi connectivity index (χ4v) is 9.73. The van der Waals surface area contributed by atoms with Gasteiger partial charge in [-0.1, -0.05) is 108 Å². The van der Waals surface area contributed by atoms with Crippen LogP contribution in [0.1, 0.15) is 47.2 Å². The minimum Gasteiger partial charge on any atom is -0.481 e. The molecule has 4 heterocycles. The van der Waals surface area contributed by atoms with Gasteiger partial charge >= 0.3 is 11.9 Å². The number of carboxylic acid groups (broad SMARTS) is 2. The van der Waals surface area contributed by atoms with Crippen molar-refractivity contribution in [3.63, 3.8) is 0 Å². The van der Waals surface area contributed by atoms with Crippen molar-refractivity contribution in [3.8, 4) is 0 Å². The quantitative estimate of drug-likeness (QED) is 0.0278. The summed E-state index contributed by atoms with van der Waals surface area (Å²) in [5.74, 6) is -4.45. The Balaban J connectivity index is 1.00. The molecule has 16 nitrogen and oxygen atoms in total. The minimum absolute atomic E-state index is 0.110. The van der Waals surface area contributed by atoms with E-state index in [1.807, 2.05) is 91.0 Å². The smallest absolute Gasteiger partial charge is 0.352 e. The van der Waals surface area contributed by atoms with Crippen LogP contribution in [-0.2, 0) is 45.8 Å². The zero-order chi connectivity index (χ0) is 45.7. The molecule has 4 aromatic carbocycles. The Kier molecular flexibility index (Phi) is 12.9. The first-order chi connectivity index (χ1) is 31.4. The van der Waals surface area contributed by atoms with Gasteiger partial charge in [0.05, 0.1) is 6.42 Å². The van der Waals surface area contributed by atoms with Gasteiger partial charge in [-0.3, -0.25) is 28.9 Å². The molecular formula is C47H41N7O9S2. The Morgan fingerprint density at radius 3 is 2.05 bits per heavy atom. The summed E-state index contributed by atoms with van der Waals surface area (Å²) in [5, 5.41) is 30.1. The van der Waals surface area contributed by atoms with Gasteiger partial charge < -0.3 is 36.3 Å². The zero-order valence-corrected chi connectivity index (χ0v) is 36.1. The number of hydrogen-bond donors (Lipinski definition) is 5. The minimum atomic E-state index is -1.36. The predicted molar refractivity (Wildman–Crippen MR) is 243 cm³/mol. The summed E-state index contributed by atoms with van der Waals surface area (Å²) in [6.07, 6.45) is 1.44. The number of nitrogens with zero attached hydrogens (tertiary/aromatic N) is 4. The molecule has 2 saturated heterocycles. The highest BCUT2D eigenvalue weighted by Crippen LogP contribution is 2.43. The number of nitrogen functional groups attached to an aromatic ring is 1. The maximum Gasteiger partial charge on any atom is 0.352 e. The number of carbonyl (C=O) groups excluding carboxylic acids is 4. The molecule has 0 bridgehead atoms. The fourth-order valence-electron chi connectivity index (χ4n) is 7.88. The number of amides is 4. The number of carboxylic acids is 2. The number of anilines is 2. The number of oxime groups is 1. The second kappa shape index (κ2) is 19.0. The molecule has 0 aliphatic carbocycles. The van der Waals surface area contributed by atoms with Crippen LogP contribution in [0.2, 0.25) is 0 Å². The van der Waals surface area contributed by atoms with Gasteiger partial charge in [-0.25, -0.2) is 9.78 Å².